The second kappa shape index (κ2) is 6.15. The van der Waals surface area contributed by atoms with Crippen LogP contribution in [-0.4, -0.2) is 24.2 Å². The fourth-order valence-electron chi connectivity index (χ4n) is 3.37. The molecule has 3 heterocycles. The van der Waals surface area contributed by atoms with Crippen LogP contribution in [0.1, 0.15) is 24.3 Å². The highest BCUT2D eigenvalue weighted by Crippen LogP contribution is 2.34. The Morgan fingerprint density at radius 2 is 2.17 bits per heavy atom. The smallest absolute Gasteiger partial charge is 0.149 e. The van der Waals surface area contributed by atoms with Crippen molar-refractivity contribution in [2.75, 3.05) is 18.0 Å². The van der Waals surface area contributed by atoms with Crippen molar-refractivity contribution in [1.82, 2.24) is 4.98 Å². The number of nitrogens with zero attached hydrogens (tertiary/aromatic N) is 2. The number of rotatable bonds is 2. The van der Waals surface area contributed by atoms with E-state index in [1.165, 1.54) is 11.6 Å². The number of morpholine rings is 1. The molecular weight excluding hydrogens is 323 g/mol. The third-order valence-electron chi connectivity index (χ3n) is 4.41. The fraction of sp³-hybridized carbons (Fsp3) is 0.316. The van der Waals surface area contributed by atoms with Gasteiger partial charge in [-0.25, -0.2) is 9.37 Å². The van der Waals surface area contributed by atoms with Crippen LogP contribution in [-0.2, 0) is 4.74 Å². The lowest BCUT2D eigenvalue weighted by Gasteiger charge is -2.38. The molecule has 3 aromatic rings. The van der Waals surface area contributed by atoms with Gasteiger partial charge >= 0.3 is 0 Å². The Hall–Kier alpha value is -1.98. The molecule has 2 atom stereocenters. The van der Waals surface area contributed by atoms with Crippen LogP contribution in [0.25, 0.3) is 10.9 Å². The molecule has 1 saturated heterocycles. The van der Waals surface area contributed by atoms with Gasteiger partial charge in [0.25, 0.3) is 0 Å². The Labute approximate surface area is 144 Å². The average molecular weight is 342 g/mol. The van der Waals surface area contributed by atoms with Crippen molar-refractivity contribution in [3.05, 3.63) is 58.2 Å². The highest BCUT2D eigenvalue weighted by molar-refractivity contribution is 7.07. The number of halogens is 1. The Kier molecular flexibility index (Phi) is 3.98. The number of aromatic nitrogens is 1. The van der Waals surface area contributed by atoms with Crippen LogP contribution in [0.4, 0.5) is 10.1 Å². The number of hydrogen-bond acceptors (Lipinski definition) is 4. The molecule has 24 heavy (non-hydrogen) atoms. The summed E-state index contributed by atoms with van der Waals surface area (Å²) in [6.45, 7) is 5.55. The molecule has 1 aliphatic heterocycles. The van der Waals surface area contributed by atoms with Crippen LogP contribution in [0.5, 0.6) is 0 Å². The zero-order valence-corrected chi connectivity index (χ0v) is 14.5. The lowest BCUT2D eigenvalue weighted by atomic mass is 10.1. The number of pyridine rings is 1. The van der Waals surface area contributed by atoms with Crippen LogP contribution < -0.4 is 4.90 Å². The van der Waals surface area contributed by atoms with Crippen molar-refractivity contribution < 1.29 is 9.13 Å². The molecule has 0 bridgehead atoms. The largest absolute Gasteiger partial charge is 0.367 e. The number of ether oxygens (including phenoxy) is 1. The van der Waals surface area contributed by atoms with Crippen molar-refractivity contribution in [2.45, 2.75) is 26.1 Å². The SMILES string of the molecule is Cc1cc(N2CC(C)OC(c3ccsc3)C2)c2cccc(F)c2n1. The Morgan fingerprint density at radius 3 is 2.96 bits per heavy atom. The quantitative estimate of drug-likeness (QED) is 0.674. The van der Waals surface area contributed by atoms with Gasteiger partial charge in [-0.3, -0.25) is 0 Å². The molecule has 0 radical (unpaired) electrons. The first kappa shape index (κ1) is 15.5. The maximum Gasteiger partial charge on any atom is 0.149 e. The summed E-state index contributed by atoms with van der Waals surface area (Å²) in [4.78, 5) is 6.69. The Balaban J connectivity index is 1.77. The molecular formula is C19H19FN2OS. The van der Waals surface area contributed by atoms with E-state index < -0.39 is 0 Å². The van der Waals surface area contributed by atoms with Crippen LogP contribution in [0.2, 0.25) is 0 Å². The second-order valence-corrected chi connectivity index (χ2v) is 7.10. The van der Waals surface area contributed by atoms with Gasteiger partial charge in [0.15, 0.2) is 0 Å². The summed E-state index contributed by atoms with van der Waals surface area (Å²) < 4.78 is 20.3. The normalized spacial score (nSPS) is 21.4. The van der Waals surface area contributed by atoms with Crippen LogP contribution in [0.3, 0.4) is 0 Å². The first-order valence-corrected chi connectivity index (χ1v) is 9.04. The van der Waals surface area contributed by atoms with Crippen molar-refractivity contribution in [3.63, 3.8) is 0 Å². The molecule has 3 nitrogen and oxygen atoms in total. The van der Waals surface area contributed by atoms with Gasteiger partial charge in [-0.2, -0.15) is 11.3 Å². The molecule has 0 saturated carbocycles. The molecule has 0 aliphatic carbocycles. The summed E-state index contributed by atoms with van der Waals surface area (Å²) in [6, 6.07) is 9.32. The minimum absolute atomic E-state index is 0.0390. The predicted octanol–water partition coefficient (Wildman–Crippen LogP) is 4.71. The van der Waals surface area contributed by atoms with E-state index in [1.807, 2.05) is 19.1 Å². The van der Waals surface area contributed by atoms with E-state index in [0.717, 1.165) is 29.9 Å². The third-order valence-corrected chi connectivity index (χ3v) is 5.11. The summed E-state index contributed by atoms with van der Waals surface area (Å²) >= 11 is 1.68. The van der Waals surface area contributed by atoms with Crippen molar-refractivity contribution in [3.8, 4) is 0 Å². The van der Waals surface area contributed by atoms with Gasteiger partial charge in [-0.05, 0) is 48.4 Å². The molecule has 5 heteroatoms. The minimum atomic E-state index is -0.270. The molecule has 2 unspecified atom stereocenters. The van der Waals surface area contributed by atoms with E-state index >= 15 is 0 Å². The van der Waals surface area contributed by atoms with Gasteiger partial charge in [0.2, 0.25) is 0 Å². The van der Waals surface area contributed by atoms with Gasteiger partial charge < -0.3 is 9.64 Å². The molecule has 1 fully saturated rings. The number of thiophene rings is 1. The van der Waals surface area contributed by atoms with Gasteiger partial charge in [0.1, 0.15) is 17.4 Å². The van der Waals surface area contributed by atoms with Crippen molar-refractivity contribution in [2.24, 2.45) is 0 Å². The summed E-state index contributed by atoms with van der Waals surface area (Å²) in [6.07, 6.45) is 0.151. The summed E-state index contributed by atoms with van der Waals surface area (Å²) in [5.41, 5.74) is 3.51. The van der Waals surface area contributed by atoms with E-state index in [-0.39, 0.29) is 18.0 Å². The lowest BCUT2D eigenvalue weighted by molar-refractivity contribution is -0.0170. The van der Waals surface area contributed by atoms with Gasteiger partial charge in [0, 0.05) is 29.9 Å². The first-order chi connectivity index (χ1) is 11.6. The zero-order valence-electron chi connectivity index (χ0n) is 13.7. The zero-order chi connectivity index (χ0) is 16.7. The van der Waals surface area contributed by atoms with E-state index in [4.69, 9.17) is 4.74 Å². The number of para-hydroxylation sites is 1. The number of anilines is 1. The molecule has 2 aromatic heterocycles. The standard InChI is InChI=1S/C19H19FN2OS/c1-12-8-17(15-4-3-5-16(20)19(15)21-12)22-9-13(2)23-18(10-22)14-6-7-24-11-14/h3-8,11,13,18H,9-10H2,1-2H3. The van der Waals surface area contributed by atoms with Gasteiger partial charge in [-0.1, -0.05) is 12.1 Å². The van der Waals surface area contributed by atoms with Crippen LogP contribution >= 0.6 is 11.3 Å². The molecule has 1 aliphatic rings. The summed E-state index contributed by atoms with van der Waals surface area (Å²) in [7, 11) is 0. The van der Waals surface area contributed by atoms with Crippen LogP contribution in [0.15, 0.2) is 41.1 Å². The third kappa shape index (κ3) is 2.78. The highest BCUT2D eigenvalue weighted by atomic mass is 32.1. The molecule has 0 amide bonds. The number of fused-ring (bicyclic) bond motifs is 1. The van der Waals surface area contributed by atoms with Crippen LogP contribution in [0, 0.1) is 12.7 Å². The Morgan fingerprint density at radius 1 is 1.29 bits per heavy atom. The number of hydrogen-bond donors (Lipinski definition) is 0. The number of benzene rings is 1. The van der Waals surface area contributed by atoms with E-state index in [9.17, 15) is 4.39 Å². The van der Waals surface area contributed by atoms with E-state index in [2.05, 4.69) is 33.6 Å². The topological polar surface area (TPSA) is 25.4 Å². The highest BCUT2D eigenvalue weighted by Gasteiger charge is 2.28. The van der Waals surface area contributed by atoms with Crippen molar-refractivity contribution >= 4 is 27.9 Å². The van der Waals surface area contributed by atoms with Gasteiger partial charge in [-0.15, -0.1) is 0 Å². The molecule has 0 spiro atoms. The maximum atomic E-state index is 14.2. The fourth-order valence-corrected chi connectivity index (χ4v) is 4.07. The van der Waals surface area contributed by atoms with Gasteiger partial charge in [0.05, 0.1) is 6.10 Å². The predicted molar refractivity (Wildman–Crippen MR) is 96.3 cm³/mol. The molecule has 4 rings (SSSR count). The van der Waals surface area contributed by atoms with Crippen molar-refractivity contribution in [1.29, 1.82) is 0 Å². The Bertz CT molecular complexity index is 865. The monoisotopic (exact) mass is 342 g/mol. The number of aryl methyl sites for hydroxylation is 1. The minimum Gasteiger partial charge on any atom is -0.367 e. The molecule has 124 valence electrons. The average Bonchev–Trinajstić information content (AvgIpc) is 3.09. The molecule has 1 aromatic carbocycles. The lowest BCUT2D eigenvalue weighted by Crippen LogP contribution is -2.43. The van der Waals surface area contributed by atoms with E-state index in [0.29, 0.717) is 5.52 Å². The summed E-state index contributed by atoms with van der Waals surface area (Å²) in [5, 5.41) is 5.07. The molecule has 0 N–H and O–H groups in total. The first-order valence-electron chi connectivity index (χ1n) is 8.10. The summed E-state index contributed by atoms with van der Waals surface area (Å²) in [5.74, 6) is -0.270. The maximum absolute atomic E-state index is 14.2. The van der Waals surface area contributed by atoms with E-state index in [1.54, 1.807) is 17.4 Å². The second-order valence-electron chi connectivity index (χ2n) is 6.32.